The number of hydrogen-bond donors (Lipinski definition) is 1. The van der Waals surface area contributed by atoms with E-state index >= 15 is 0 Å². The van der Waals surface area contributed by atoms with Gasteiger partial charge in [-0.25, -0.2) is 4.79 Å². The van der Waals surface area contributed by atoms with E-state index in [0.717, 1.165) is 50.6 Å². The van der Waals surface area contributed by atoms with Crippen molar-refractivity contribution in [3.8, 4) is 0 Å². The topological polar surface area (TPSA) is 44.8 Å². The van der Waals surface area contributed by atoms with Gasteiger partial charge in [0.2, 0.25) is 0 Å². The van der Waals surface area contributed by atoms with Crippen LogP contribution in [0.3, 0.4) is 0 Å². The number of carbonyl (C=O) groups excluding carboxylic acids is 1. The zero-order valence-corrected chi connectivity index (χ0v) is 14.5. The fraction of sp³-hybridized carbons (Fsp3) is 0.588. The van der Waals surface area contributed by atoms with E-state index in [0.29, 0.717) is 13.2 Å². The van der Waals surface area contributed by atoms with E-state index in [2.05, 4.69) is 16.3 Å². The van der Waals surface area contributed by atoms with Crippen LogP contribution in [0, 0.1) is 0 Å². The molecular weight excluding hydrogens is 314 g/mol. The van der Waals surface area contributed by atoms with Crippen LogP contribution in [0.25, 0.3) is 0 Å². The summed E-state index contributed by atoms with van der Waals surface area (Å²) in [5, 5.41) is 3.67. The summed E-state index contributed by atoms with van der Waals surface area (Å²) < 4.78 is 4.94. The lowest BCUT2D eigenvalue weighted by Crippen LogP contribution is -2.52. The van der Waals surface area contributed by atoms with Crippen molar-refractivity contribution in [2.75, 3.05) is 53.0 Å². The van der Waals surface area contributed by atoms with Crippen LogP contribution in [-0.2, 0) is 11.2 Å². The molecule has 1 N–H and O–H groups in total. The van der Waals surface area contributed by atoms with Crippen LogP contribution >= 0.6 is 11.6 Å². The number of ether oxygens (including phenoxy) is 1. The number of piperazine rings is 1. The fourth-order valence-corrected chi connectivity index (χ4v) is 2.96. The number of amides is 2. The van der Waals surface area contributed by atoms with E-state index < -0.39 is 0 Å². The first kappa shape index (κ1) is 18.0. The minimum atomic E-state index is 0.0145. The Morgan fingerprint density at radius 3 is 2.78 bits per heavy atom. The molecule has 0 unspecified atom stereocenters. The minimum absolute atomic E-state index is 0.0145. The van der Waals surface area contributed by atoms with E-state index in [4.69, 9.17) is 16.3 Å². The van der Waals surface area contributed by atoms with Crippen LogP contribution < -0.4 is 5.32 Å². The lowest BCUT2D eigenvalue weighted by molar-refractivity contribution is 0.135. The Bertz CT molecular complexity index is 490. The lowest BCUT2D eigenvalue weighted by atomic mass is 10.1. The molecule has 1 saturated heterocycles. The van der Waals surface area contributed by atoms with Gasteiger partial charge in [0.05, 0.1) is 6.61 Å². The van der Waals surface area contributed by atoms with Gasteiger partial charge in [-0.3, -0.25) is 4.90 Å². The van der Waals surface area contributed by atoms with Crippen molar-refractivity contribution in [3.05, 3.63) is 34.9 Å². The maximum Gasteiger partial charge on any atom is 0.317 e. The standard InChI is InChI=1S/C17H26ClN3O2/c1-23-13-7-19-17(22)21-11-9-20(10-12-21)8-3-5-15-4-2-6-16(18)14-15/h2,4,6,14H,3,5,7-13H2,1H3,(H,19,22). The molecule has 1 aromatic rings. The van der Waals surface area contributed by atoms with E-state index in [-0.39, 0.29) is 6.03 Å². The number of carbonyl (C=O) groups is 1. The van der Waals surface area contributed by atoms with Crippen LogP contribution in [0.15, 0.2) is 24.3 Å². The van der Waals surface area contributed by atoms with E-state index in [1.54, 1.807) is 7.11 Å². The highest BCUT2D eigenvalue weighted by Crippen LogP contribution is 2.12. The first-order valence-corrected chi connectivity index (χ1v) is 8.55. The van der Waals surface area contributed by atoms with Crippen LogP contribution in [0.5, 0.6) is 0 Å². The Kier molecular flexibility index (Phi) is 7.65. The van der Waals surface area contributed by atoms with Gasteiger partial charge in [-0.15, -0.1) is 0 Å². The maximum absolute atomic E-state index is 11.9. The molecule has 1 fully saturated rings. The largest absolute Gasteiger partial charge is 0.383 e. The summed E-state index contributed by atoms with van der Waals surface area (Å²) in [6, 6.07) is 8.07. The number of benzene rings is 1. The van der Waals surface area contributed by atoms with Crippen molar-refractivity contribution in [2.45, 2.75) is 12.8 Å². The van der Waals surface area contributed by atoms with Crippen LogP contribution in [0.1, 0.15) is 12.0 Å². The number of methoxy groups -OCH3 is 1. The summed E-state index contributed by atoms with van der Waals surface area (Å²) in [4.78, 5) is 16.2. The summed E-state index contributed by atoms with van der Waals surface area (Å²) in [5.74, 6) is 0. The van der Waals surface area contributed by atoms with Crippen LogP contribution in [-0.4, -0.2) is 68.8 Å². The van der Waals surface area contributed by atoms with Gasteiger partial charge in [-0.1, -0.05) is 23.7 Å². The van der Waals surface area contributed by atoms with Gasteiger partial charge in [0.15, 0.2) is 0 Å². The zero-order valence-electron chi connectivity index (χ0n) is 13.8. The summed E-state index contributed by atoms with van der Waals surface area (Å²) in [6.45, 7) is 5.63. The molecule has 0 saturated carbocycles. The smallest absolute Gasteiger partial charge is 0.317 e. The SMILES string of the molecule is COCCNC(=O)N1CCN(CCCc2cccc(Cl)c2)CC1. The molecule has 0 spiro atoms. The van der Waals surface area contributed by atoms with Gasteiger partial charge in [-0.05, 0) is 37.1 Å². The fourth-order valence-electron chi connectivity index (χ4n) is 2.75. The molecule has 1 aliphatic heterocycles. The second-order valence-electron chi connectivity index (χ2n) is 5.79. The second kappa shape index (κ2) is 9.75. The van der Waals surface area contributed by atoms with Crippen molar-refractivity contribution in [1.82, 2.24) is 15.1 Å². The molecule has 2 rings (SSSR count). The third-order valence-corrected chi connectivity index (χ3v) is 4.31. The Hall–Kier alpha value is -1.30. The number of halogens is 1. The van der Waals surface area contributed by atoms with Gasteiger partial charge < -0.3 is 15.0 Å². The maximum atomic E-state index is 11.9. The first-order valence-electron chi connectivity index (χ1n) is 8.17. The lowest BCUT2D eigenvalue weighted by Gasteiger charge is -2.34. The molecule has 1 aliphatic rings. The minimum Gasteiger partial charge on any atom is -0.383 e. The molecule has 5 nitrogen and oxygen atoms in total. The highest BCUT2D eigenvalue weighted by Gasteiger charge is 2.20. The monoisotopic (exact) mass is 339 g/mol. The normalized spacial score (nSPS) is 15.7. The molecule has 1 heterocycles. The number of nitrogens with zero attached hydrogens (tertiary/aromatic N) is 2. The molecule has 0 atom stereocenters. The van der Waals surface area contributed by atoms with Gasteiger partial charge in [-0.2, -0.15) is 0 Å². The molecule has 6 heteroatoms. The predicted molar refractivity (Wildman–Crippen MR) is 93.1 cm³/mol. The number of urea groups is 1. The Morgan fingerprint density at radius 2 is 2.09 bits per heavy atom. The highest BCUT2D eigenvalue weighted by molar-refractivity contribution is 6.30. The molecule has 23 heavy (non-hydrogen) atoms. The summed E-state index contributed by atoms with van der Waals surface area (Å²) >= 11 is 6.00. The molecule has 128 valence electrons. The first-order chi connectivity index (χ1) is 11.2. The van der Waals surface area contributed by atoms with Crippen molar-refractivity contribution in [3.63, 3.8) is 0 Å². The second-order valence-corrected chi connectivity index (χ2v) is 6.22. The number of nitrogens with one attached hydrogen (secondary N) is 1. The van der Waals surface area contributed by atoms with Crippen molar-refractivity contribution in [2.24, 2.45) is 0 Å². The Morgan fingerprint density at radius 1 is 1.30 bits per heavy atom. The molecule has 0 aliphatic carbocycles. The Labute approximate surface area is 143 Å². The van der Waals surface area contributed by atoms with Crippen molar-refractivity contribution < 1.29 is 9.53 Å². The highest BCUT2D eigenvalue weighted by atomic mass is 35.5. The molecule has 2 amide bonds. The van der Waals surface area contributed by atoms with E-state index in [1.165, 1.54) is 5.56 Å². The third kappa shape index (κ3) is 6.37. The van der Waals surface area contributed by atoms with Gasteiger partial charge in [0.1, 0.15) is 0 Å². The average molecular weight is 340 g/mol. The summed E-state index contributed by atoms with van der Waals surface area (Å²) in [7, 11) is 1.63. The summed E-state index contributed by atoms with van der Waals surface area (Å²) in [6.07, 6.45) is 2.15. The number of rotatable bonds is 7. The van der Waals surface area contributed by atoms with Gasteiger partial charge in [0, 0.05) is 44.9 Å². The number of aryl methyl sites for hydroxylation is 1. The van der Waals surface area contributed by atoms with Crippen LogP contribution in [0.4, 0.5) is 4.79 Å². The quantitative estimate of drug-likeness (QED) is 0.775. The van der Waals surface area contributed by atoms with Crippen molar-refractivity contribution >= 4 is 17.6 Å². The van der Waals surface area contributed by atoms with E-state index in [1.807, 2.05) is 23.1 Å². The molecule has 0 bridgehead atoms. The third-order valence-electron chi connectivity index (χ3n) is 4.07. The average Bonchev–Trinajstić information content (AvgIpc) is 2.56. The zero-order chi connectivity index (χ0) is 16.5. The van der Waals surface area contributed by atoms with Crippen LogP contribution in [0.2, 0.25) is 5.02 Å². The Balaban J connectivity index is 1.62. The number of hydrogen-bond acceptors (Lipinski definition) is 3. The molecular formula is C17H26ClN3O2. The van der Waals surface area contributed by atoms with Crippen molar-refractivity contribution in [1.29, 1.82) is 0 Å². The molecule has 0 radical (unpaired) electrons. The molecule has 1 aromatic carbocycles. The van der Waals surface area contributed by atoms with E-state index in [9.17, 15) is 4.79 Å². The summed E-state index contributed by atoms with van der Waals surface area (Å²) in [5.41, 5.74) is 1.29. The predicted octanol–water partition coefficient (Wildman–Crippen LogP) is 2.25. The molecule has 0 aromatic heterocycles. The van der Waals surface area contributed by atoms with Gasteiger partial charge >= 0.3 is 6.03 Å². The van der Waals surface area contributed by atoms with Gasteiger partial charge in [0.25, 0.3) is 0 Å².